The van der Waals surface area contributed by atoms with E-state index in [9.17, 15) is 9.59 Å². The molecule has 0 aromatic heterocycles. The maximum Gasteiger partial charge on any atom is 0.303 e. The van der Waals surface area contributed by atoms with Gasteiger partial charge in [-0.2, -0.15) is 0 Å². The van der Waals surface area contributed by atoms with E-state index in [1.165, 1.54) is 0 Å². The average Bonchev–Trinajstić information content (AvgIpc) is 2.01. The maximum absolute atomic E-state index is 11.0. The third-order valence-corrected chi connectivity index (χ3v) is 2.35. The molecule has 0 spiro atoms. The molecule has 12 heavy (non-hydrogen) atoms. The highest BCUT2D eigenvalue weighted by atomic mass is 16.4. The number of aliphatic carboxylic acids is 1. The molecule has 0 radical (unpaired) electrons. The number of carboxylic acid groups (broad SMARTS) is 1. The summed E-state index contributed by atoms with van der Waals surface area (Å²) in [5, 5.41) is 8.43. The van der Waals surface area contributed by atoms with Crippen molar-refractivity contribution in [3.05, 3.63) is 0 Å². The fraction of sp³-hybridized carbons (Fsp3) is 0.778. The highest BCUT2D eigenvalue weighted by Gasteiger charge is 2.19. The van der Waals surface area contributed by atoms with Crippen LogP contribution in [0.3, 0.4) is 0 Å². The Morgan fingerprint density at radius 2 is 2.33 bits per heavy atom. The summed E-state index contributed by atoms with van der Waals surface area (Å²) in [6.45, 7) is 0. The van der Waals surface area contributed by atoms with Crippen molar-refractivity contribution in [1.82, 2.24) is 0 Å². The monoisotopic (exact) mass is 170 g/mol. The minimum atomic E-state index is -0.756. The normalized spacial score (nSPS) is 24.0. The topological polar surface area (TPSA) is 54.4 Å². The molecule has 0 bridgehead atoms. The van der Waals surface area contributed by atoms with Gasteiger partial charge in [-0.1, -0.05) is 0 Å². The van der Waals surface area contributed by atoms with Gasteiger partial charge in [-0.15, -0.1) is 0 Å². The van der Waals surface area contributed by atoms with E-state index in [1.807, 2.05) is 0 Å². The summed E-state index contributed by atoms with van der Waals surface area (Å²) in [7, 11) is 0. The van der Waals surface area contributed by atoms with Crippen LogP contribution in [0.15, 0.2) is 0 Å². The summed E-state index contributed by atoms with van der Waals surface area (Å²) in [5.74, 6) is -0.119. The Hall–Kier alpha value is -0.860. The number of carbonyl (C=O) groups is 2. The van der Waals surface area contributed by atoms with Crippen LogP contribution in [0.25, 0.3) is 0 Å². The number of ketones is 1. The van der Waals surface area contributed by atoms with Crippen molar-refractivity contribution < 1.29 is 14.7 Å². The molecule has 0 heterocycles. The van der Waals surface area contributed by atoms with Gasteiger partial charge in [0.2, 0.25) is 0 Å². The number of hydrogen-bond acceptors (Lipinski definition) is 2. The summed E-state index contributed by atoms with van der Waals surface area (Å²) < 4.78 is 0. The SMILES string of the molecule is O=C(O)CC[C@@H]1CCCC(=O)C1. The lowest BCUT2D eigenvalue weighted by Crippen LogP contribution is -2.15. The van der Waals surface area contributed by atoms with Crippen molar-refractivity contribution in [2.24, 2.45) is 5.92 Å². The number of Topliss-reactive ketones (excluding diaryl/α,β-unsaturated/α-hetero) is 1. The smallest absolute Gasteiger partial charge is 0.303 e. The fourth-order valence-electron chi connectivity index (χ4n) is 1.69. The van der Waals surface area contributed by atoms with E-state index in [0.717, 1.165) is 12.8 Å². The first kappa shape index (κ1) is 9.23. The Balaban J connectivity index is 2.23. The largest absolute Gasteiger partial charge is 0.481 e. The van der Waals surface area contributed by atoms with Crippen LogP contribution in [-0.2, 0) is 9.59 Å². The molecule has 1 atom stereocenters. The number of rotatable bonds is 3. The zero-order valence-corrected chi connectivity index (χ0v) is 7.08. The van der Waals surface area contributed by atoms with Crippen LogP contribution < -0.4 is 0 Å². The molecule has 1 aliphatic carbocycles. The third-order valence-electron chi connectivity index (χ3n) is 2.35. The van der Waals surface area contributed by atoms with E-state index in [0.29, 0.717) is 31.0 Å². The van der Waals surface area contributed by atoms with Gasteiger partial charge in [0, 0.05) is 19.3 Å². The lowest BCUT2D eigenvalue weighted by molar-refractivity contribution is -0.137. The summed E-state index contributed by atoms with van der Waals surface area (Å²) in [6.07, 6.45) is 4.15. The van der Waals surface area contributed by atoms with E-state index in [4.69, 9.17) is 5.11 Å². The molecule has 3 nitrogen and oxygen atoms in total. The van der Waals surface area contributed by atoms with Gasteiger partial charge >= 0.3 is 5.97 Å². The second-order valence-electron chi connectivity index (χ2n) is 3.43. The van der Waals surface area contributed by atoms with Crippen LogP contribution in [0.4, 0.5) is 0 Å². The Morgan fingerprint density at radius 3 is 2.92 bits per heavy atom. The zero-order chi connectivity index (χ0) is 8.97. The number of carbonyl (C=O) groups excluding carboxylic acids is 1. The maximum atomic E-state index is 11.0. The number of carboxylic acids is 1. The summed E-state index contributed by atoms with van der Waals surface area (Å²) in [6, 6.07) is 0. The van der Waals surface area contributed by atoms with Gasteiger partial charge in [0.1, 0.15) is 5.78 Å². The Kier molecular flexibility index (Phi) is 3.26. The van der Waals surface area contributed by atoms with Crippen molar-refractivity contribution in [1.29, 1.82) is 0 Å². The van der Waals surface area contributed by atoms with Crippen LogP contribution in [-0.4, -0.2) is 16.9 Å². The van der Waals surface area contributed by atoms with Crippen molar-refractivity contribution in [3.63, 3.8) is 0 Å². The molecule has 0 amide bonds. The molecule has 1 aliphatic rings. The Bertz CT molecular complexity index is 186. The Labute approximate surface area is 71.8 Å². The fourth-order valence-corrected chi connectivity index (χ4v) is 1.69. The van der Waals surface area contributed by atoms with Gasteiger partial charge < -0.3 is 5.11 Å². The van der Waals surface area contributed by atoms with Crippen molar-refractivity contribution in [3.8, 4) is 0 Å². The molecule has 1 rings (SSSR count). The van der Waals surface area contributed by atoms with E-state index in [2.05, 4.69) is 0 Å². The van der Waals surface area contributed by atoms with Gasteiger partial charge in [-0.25, -0.2) is 0 Å². The van der Waals surface area contributed by atoms with Crippen LogP contribution >= 0.6 is 0 Å². The van der Waals surface area contributed by atoms with E-state index in [-0.39, 0.29) is 6.42 Å². The van der Waals surface area contributed by atoms with Crippen LogP contribution in [0, 0.1) is 5.92 Å². The van der Waals surface area contributed by atoms with Crippen LogP contribution in [0.2, 0.25) is 0 Å². The molecule has 1 fully saturated rings. The highest BCUT2D eigenvalue weighted by molar-refractivity contribution is 5.79. The molecular weight excluding hydrogens is 156 g/mol. The minimum absolute atomic E-state index is 0.206. The summed E-state index contributed by atoms with van der Waals surface area (Å²) in [5.41, 5.74) is 0. The number of hydrogen-bond donors (Lipinski definition) is 1. The standard InChI is InChI=1S/C9H14O3/c10-8-3-1-2-7(6-8)4-5-9(11)12/h7H,1-6H2,(H,11,12)/t7-/m0/s1. The zero-order valence-electron chi connectivity index (χ0n) is 7.08. The van der Waals surface area contributed by atoms with E-state index in [1.54, 1.807) is 0 Å². The van der Waals surface area contributed by atoms with Crippen molar-refractivity contribution in [2.75, 3.05) is 0 Å². The van der Waals surface area contributed by atoms with Gasteiger partial charge in [0.15, 0.2) is 0 Å². The molecule has 0 aromatic carbocycles. The molecule has 3 heteroatoms. The predicted octanol–water partition coefficient (Wildman–Crippen LogP) is 1.61. The third kappa shape index (κ3) is 3.03. The summed E-state index contributed by atoms with van der Waals surface area (Å²) >= 11 is 0. The highest BCUT2D eigenvalue weighted by Crippen LogP contribution is 2.24. The minimum Gasteiger partial charge on any atom is -0.481 e. The molecule has 0 aliphatic heterocycles. The quantitative estimate of drug-likeness (QED) is 0.700. The van der Waals surface area contributed by atoms with Crippen LogP contribution in [0.1, 0.15) is 38.5 Å². The van der Waals surface area contributed by atoms with Gasteiger partial charge in [-0.05, 0) is 25.2 Å². The predicted molar refractivity (Wildman–Crippen MR) is 43.8 cm³/mol. The van der Waals surface area contributed by atoms with Gasteiger partial charge in [0.25, 0.3) is 0 Å². The van der Waals surface area contributed by atoms with Crippen LogP contribution in [0.5, 0.6) is 0 Å². The van der Waals surface area contributed by atoms with E-state index >= 15 is 0 Å². The summed E-state index contributed by atoms with van der Waals surface area (Å²) in [4.78, 5) is 21.2. The molecule has 0 unspecified atom stereocenters. The second kappa shape index (κ2) is 4.24. The average molecular weight is 170 g/mol. The van der Waals surface area contributed by atoms with Gasteiger partial charge in [-0.3, -0.25) is 9.59 Å². The molecule has 1 N–H and O–H groups in total. The first-order chi connectivity index (χ1) is 5.68. The molecule has 68 valence electrons. The lowest BCUT2D eigenvalue weighted by atomic mass is 9.85. The Morgan fingerprint density at radius 1 is 1.58 bits per heavy atom. The molecule has 1 saturated carbocycles. The van der Waals surface area contributed by atoms with E-state index < -0.39 is 5.97 Å². The van der Waals surface area contributed by atoms with Crippen molar-refractivity contribution >= 4 is 11.8 Å². The first-order valence-electron chi connectivity index (χ1n) is 4.42. The van der Waals surface area contributed by atoms with Gasteiger partial charge in [0.05, 0.1) is 0 Å². The molecular formula is C9H14O3. The second-order valence-corrected chi connectivity index (χ2v) is 3.43. The molecule has 0 saturated heterocycles. The van der Waals surface area contributed by atoms with Crippen molar-refractivity contribution in [2.45, 2.75) is 38.5 Å². The molecule has 0 aromatic rings. The lowest BCUT2D eigenvalue weighted by Gasteiger charge is -2.19. The first-order valence-corrected chi connectivity index (χ1v) is 4.42.